The second kappa shape index (κ2) is 6.54. The summed E-state index contributed by atoms with van der Waals surface area (Å²) in [6.07, 6.45) is 3.44. The number of hydrogen-bond acceptors (Lipinski definition) is 5. The van der Waals surface area contributed by atoms with Gasteiger partial charge in [-0.1, -0.05) is 5.16 Å². The number of oxime groups is 1. The Hall–Kier alpha value is -2.17. The SMILES string of the molecule is COc1cc(OC)c(OC)cc1/C=C\C(C)=NO. The lowest BCUT2D eigenvalue weighted by Gasteiger charge is -2.12. The lowest BCUT2D eigenvalue weighted by Crippen LogP contribution is -1.94. The van der Waals surface area contributed by atoms with Crippen molar-refractivity contribution in [3.8, 4) is 17.2 Å². The molecule has 0 aromatic heterocycles. The number of ether oxygens (including phenoxy) is 3. The number of hydrogen-bond donors (Lipinski definition) is 1. The fraction of sp³-hybridized carbons (Fsp3) is 0.308. The van der Waals surface area contributed by atoms with Crippen molar-refractivity contribution in [2.75, 3.05) is 21.3 Å². The van der Waals surface area contributed by atoms with Gasteiger partial charge in [0, 0.05) is 11.6 Å². The van der Waals surface area contributed by atoms with Crippen LogP contribution in [0.2, 0.25) is 0 Å². The molecule has 98 valence electrons. The minimum absolute atomic E-state index is 0.492. The Bertz CT molecular complexity index is 466. The Morgan fingerprint density at radius 3 is 2.11 bits per heavy atom. The van der Waals surface area contributed by atoms with Gasteiger partial charge in [0.2, 0.25) is 0 Å². The smallest absolute Gasteiger partial charge is 0.164 e. The molecule has 0 amide bonds. The molecule has 5 nitrogen and oxygen atoms in total. The molecule has 0 saturated heterocycles. The van der Waals surface area contributed by atoms with E-state index in [1.807, 2.05) is 0 Å². The summed E-state index contributed by atoms with van der Waals surface area (Å²) in [4.78, 5) is 0. The van der Waals surface area contributed by atoms with Gasteiger partial charge in [-0.05, 0) is 25.1 Å². The Balaban J connectivity index is 3.21. The first kappa shape index (κ1) is 13.9. The van der Waals surface area contributed by atoms with Crippen molar-refractivity contribution in [3.05, 3.63) is 23.8 Å². The summed E-state index contributed by atoms with van der Waals surface area (Å²) in [6, 6.07) is 3.53. The zero-order valence-electron chi connectivity index (χ0n) is 10.9. The first-order valence-electron chi connectivity index (χ1n) is 5.33. The van der Waals surface area contributed by atoms with Gasteiger partial charge in [0.15, 0.2) is 11.5 Å². The number of benzene rings is 1. The van der Waals surface area contributed by atoms with E-state index in [2.05, 4.69) is 5.16 Å². The number of allylic oxidation sites excluding steroid dienone is 1. The highest BCUT2D eigenvalue weighted by molar-refractivity contribution is 5.96. The van der Waals surface area contributed by atoms with Crippen LogP contribution < -0.4 is 14.2 Å². The average Bonchev–Trinajstić information content (AvgIpc) is 2.43. The van der Waals surface area contributed by atoms with Gasteiger partial charge >= 0.3 is 0 Å². The number of rotatable bonds is 5. The van der Waals surface area contributed by atoms with Crippen molar-refractivity contribution in [1.82, 2.24) is 0 Å². The number of methoxy groups -OCH3 is 3. The molecular formula is C13H17NO4. The van der Waals surface area contributed by atoms with Crippen LogP contribution in [0.5, 0.6) is 17.2 Å². The molecule has 0 aliphatic heterocycles. The molecule has 0 spiro atoms. The highest BCUT2D eigenvalue weighted by Crippen LogP contribution is 2.35. The third kappa shape index (κ3) is 3.16. The topological polar surface area (TPSA) is 60.3 Å². The molecule has 0 heterocycles. The highest BCUT2D eigenvalue weighted by Gasteiger charge is 2.09. The van der Waals surface area contributed by atoms with Crippen LogP contribution in [0.3, 0.4) is 0 Å². The summed E-state index contributed by atoms with van der Waals surface area (Å²) in [5.74, 6) is 1.85. The molecule has 0 fully saturated rings. The van der Waals surface area contributed by atoms with Crippen molar-refractivity contribution in [2.45, 2.75) is 6.92 Å². The molecule has 0 saturated carbocycles. The Kier molecular flexibility index (Phi) is 5.05. The maximum atomic E-state index is 8.58. The van der Waals surface area contributed by atoms with Gasteiger partial charge in [-0.2, -0.15) is 0 Å². The van der Waals surface area contributed by atoms with Crippen LogP contribution in [0, 0.1) is 0 Å². The molecule has 0 atom stereocenters. The number of nitrogens with zero attached hydrogens (tertiary/aromatic N) is 1. The predicted molar refractivity (Wildman–Crippen MR) is 70.0 cm³/mol. The molecule has 0 bridgehead atoms. The lowest BCUT2D eigenvalue weighted by atomic mass is 10.1. The maximum absolute atomic E-state index is 8.58. The third-order valence-electron chi connectivity index (χ3n) is 2.40. The zero-order chi connectivity index (χ0) is 13.5. The van der Waals surface area contributed by atoms with E-state index in [1.54, 1.807) is 52.5 Å². The molecule has 18 heavy (non-hydrogen) atoms. The second-order valence-corrected chi connectivity index (χ2v) is 3.52. The van der Waals surface area contributed by atoms with Crippen LogP contribution in [0.25, 0.3) is 6.08 Å². The summed E-state index contributed by atoms with van der Waals surface area (Å²) in [5, 5.41) is 11.7. The van der Waals surface area contributed by atoms with Gasteiger partial charge in [-0.15, -0.1) is 0 Å². The third-order valence-corrected chi connectivity index (χ3v) is 2.40. The molecule has 0 unspecified atom stereocenters. The van der Waals surface area contributed by atoms with E-state index in [0.717, 1.165) is 5.56 Å². The minimum Gasteiger partial charge on any atom is -0.496 e. The predicted octanol–water partition coefficient (Wildman–Crippen LogP) is 2.58. The lowest BCUT2D eigenvalue weighted by molar-refractivity contribution is 0.319. The fourth-order valence-electron chi connectivity index (χ4n) is 1.43. The van der Waals surface area contributed by atoms with Crippen molar-refractivity contribution < 1.29 is 19.4 Å². The standard InChI is InChI=1S/C13H17NO4/c1-9(14-15)5-6-10-7-12(17-3)13(18-4)8-11(10)16-2/h5-8,15H,1-4H3/b6-5-,14-9?. The second-order valence-electron chi connectivity index (χ2n) is 3.52. The molecule has 0 aliphatic rings. The van der Waals surface area contributed by atoms with Gasteiger partial charge < -0.3 is 19.4 Å². The van der Waals surface area contributed by atoms with Crippen molar-refractivity contribution in [3.63, 3.8) is 0 Å². The van der Waals surface area contributed by atoms with E-state index in [4.69, 9.17) is 19.4 Å². The molecular weight excluding hydrogens is 234 g/mol. The summed E-state index contributed by atoms with van der Waals surface area (Å²) < 4.78 is 15.7. The van der Waals surface area contributed by atoms with E-state index in [9.17, 15) is 0 Å². The van der Waals surface area contributed by atoms with Gasteiger partial charge in [0.05, 0.1) is 27.0 Å². The fourth-order valence-corrected chi connectivity index (χ4v) is 1.43. The highest BCUT2D eigenvalue weighted by atomic mass is 16.5. The summed E-state index contributed by atoms with van der Waals surface area (Å²) in [6.45, 7) is 1.68. The van der Waals surface area contributed by atoms with E-state index >= 15 is 0 Å². The molecule has 1 aromatic carbocycles. The van der Waals surface area contributed by atoms with Crippen molar-refractivity contribution >= 4 is 11.8 Å². The van der Waals surface area contributed by atoms with Crippen LogP contribution in [-0.4, -0.2) is 32.2 Å². The normalized spacial score (nSPS) is 11.7. The summed E-state index contributed by atoms with van der Waals surface area (Å²) in [7, 11) is 4.71. The monoisotopic (exact) mass is 251 g/mol. The molecule has 1 aromatic rings. The zero-order valence-corrected chi connectivity index (χ0v) is 10.9. The van der Waals surface area contributed by atoms with Gasteiger partial charge in [0.1, 0.15) is 5.75 Å². The van der Waals surface area contributed by atoms with Gasteiger partial charge in [-0.25, -0.2) is 0 Å². The minimum atomic E-state index is 0.492. The van der Waals surface area contributed by atoms with Crippen LogP contribution in [-0.2, 0) is 0 Å². The summed E-state index contributed by atoms with van der Waals surface area (Å²) >= 11 is 0. The molecule has 1 N–H and O–H groups in total. The Morgan fingerprint density at radius 2 is 1.61 bits per heavy atom. The van der Waals surface area contributed by atoms with Crippen molar-refractivity contribution in [2.24, 2.45) is 5.16 Å². The maximum Gasteiger partial charge on any atom is 0.164 e. The Morgan fingerprint density at radius 1 is 1.06 bits per heavy atom. The Labute approximate surface area is 106 Å². The average molecular weight is 251 g/mol. The van der Waals surface area contributed by atoms with Crippen LogP contribution >= 0.6 is 0 Å². The van der Waals surface area contributed by atoms with Gasteiger partial charge in [-0.3, -0.25) is 0 Å². The van der Waals surface area contributed by atoms with Crippen molar-refractivity contribution in [1.29, 1.82) is 0 Å². The molecule has 0 aliphatic carbocycles. The van der Waals surface area contributed by atoms with E-state index in [0.29, 0.717) is 23.0 Å². The van der Waals surface area contributed by atoms with Crippen LogP contribution in [0.4, 0.5) is 0 Å². The quantitative estimate of drug-likeness (QED) is 0.496. The van der Waals surface area contributed by atoms with E-state index in [1.165, 1.54) is 0 Å². The summed E-state index contributed by atoms with van der Waals surface area (Å²) in [5.41, 5.74) is 1.30. The molecule has 1 rings (SSSR count). The van der Waals surface area contributed by atoms with Crippen LogP contribution in [0.15, 0.2) is 23.4 Å². The largest absolute Gasteiger partial charge is 0.496 e. The molecule has 5 heteroatoms. The van der Waals surface area contributed by atoms with E-state index < -0.39 is 0 Å². The van der Waals surface area contributed by atoms with E-state index in [-0.39, 0.29) is 0 Å². The van der Waals surface area contributed by atoms with Crippen LogP contribution in [0.1, 0.15) is 12.5 Å². The molecule has 0 radical (unpaired) electrons. The first-order valence-corrected chi connectivity index (χ1v) is 5.33. The first-order chi connectivity index (χ1) is 8.65. The van der Waals surface area contributed by atoms with Gasteiger partial charge in [0.25, 0.3) is 0 Å².